The van der Waals surface area contributed by atoms with Crippen molar-refractivity contribution in [3.05, 3.63) is 53.1 Å². The Morgan fingerprint density at radius 2 is 1.79 bits per heavy atom. The summed E-state index contributed by atoms with van der Waals surface area (Å²) < 4.78 is 28.6. The molecule has 0 unspecified atom stereocenters. The fourth-order valence-corrected chi connectivity index (χ4v) is 3.86. The first-order valence-electron chi connectivity index (χ1n) is 9.03. The zero-order valence-corrected chi connectivity index (χ0v) is 17.3. The number of hydrogen-bond donors (Lipinski definition) is 2. The molecule has 1 saturated heterocycles. The lowest BCUT2D eigenvalue weighted by Gasteiger charge is -2.21. The van der Waals surface area contributed by atoms with Gasteiger partial charge >= 0.3 is 0 Å². The summed E-state index contributed by atoms with van der Waals surface area (Å²) in [6, 6.07) is 10.5. The zero-order valence-electron chi connectivity index (χ0n) is 15.8. The fraction of sp³-hybridized carbons (Fsp3) is 0.300. The van der Waals surface area contributed by atoms with Crippen molar-refractivity contribution >= 4 is 44.6 Å². The number of benzene rings is 2. The highest BCUT2D eigenvalue weighted by Crippen LogP contribution is 2.27. The second kappa shape index (κ2) is 8.94. The van der Waals surface area contributed by atoms with E-state index in [0.717, 1.165) is 6.26 Å². The second-order valence-corrected chi connectivity index (χ2v) is 9.25. The van der Waals surface area contributed by atoms with Crippen LogP contribution in [0.2, 0.25) is 5.02 Å². The van der Waals surface area contributed by atoms with E-state index in [1.165, 1.54) is 24.3 Å². The minimum Gasteiger partial charge on any atom is -0.381 e. The Labute approximate surface area is 174 Å². The summed E-state index contributed by atoms with van der Waals surface area (Å²) in [6.07, 6.45) is 2.44. The average Bonchev–Trinajstić information content (AvgIpc) is 2.70. The van der Waals surface area contributed by atoms with E-state index < -0.39 is 15.7 Å². The summed E-state index contributed by atoms with van der Waals surface area (Å²) in [6.45, 7) is 1.15. The van der Waals surface area contributed by atoms with Crippen LogP contribution in [0.25, 0.3) is 0 Å². The summed E-state index contributed by atoms with van der Waals surface area (Å²) in [5.41, 5.74) is 1.08. The van der Waals surface area contributed by atoms with E-state index in [2.05, 4.69) is 10.6 Å². The van der Waals surface area contributed by atoms with Crippen molar-refractivity contribution in [1.29, 1.82) is 0 Å². The van der Waals surface area contributed by atoms with Gasteiger partial charge in [0.15, 0.2) is 9.84 Å². The van der Waals surface area contributed by atoms with Gasteiger partial charge in [0.25, 0.3) is 5.91 Å². The van der Waals surface area contributed by atoms with Gasteiger partial charge in [-0.2, -0.15) is 0 Å². The molecule has 2 aromatic rings. The van der Waals surface area contributed by atoms with Crippen LogP contribution >= 0.6 is 11.6 Å². The Hall–Kier alpha value is -2.42. The van der Waals surface area contributed by atoms with Crippen LogP contribution in [0.15, 0.2) is 47.4 Å². The lowest BCUT2D eigenvalue weighted by atomic mass is 9.99. The van der Waals surface area contributed by atoms with Crippen molar-refractivity contribution in [2.45, 2.75) is 17.7 Å². The molecular weight excluding hydrogens is 416 g/mol. The van der Waals surface area contributed by atoms with Crippen LogP contribution in [0, 0.1) is 5.92 Å². The van der Waals surface area contributed by atoms with Crippen LogP contribution in [0.5, 0.6) is 0 Å². The first-order valence-corrected chi connectivity index (χ1v) is 11.3. The standard InChI is InChI=1S/C20H21ClN2O5S/c1-29(26,27)16-4-2-3-14(11-16)20(25)23-18-6-5-15(12-17(18)21)22-19(24)13-7-9-28-10-8-13/h2-6,11-13H,7-10H2,1H3,(H,22,24)(H,23,25). The third-order valence-electron chi connectivity index (χ3n) is 4.60. The number of carbonyl (C=O) groups is 2. The van der Waals surface area contributed by atoms with E-state index in [0.29, 0.717) is 37.4 Å². The van der Waals surface area contributed by atoms with Gasteiger partial charge in [-0.05, 0) is 49.2 Å². The topological polar surface area (TPSA) is 102 Å². The fourth-order valence-electron chi connectivity index (χ4n) is 2.96. The molecule has 0 radical (unpaired) electrons. The Morgan fingerprint density at radius 1 is 1.07 bits per heavy atom. The summed E-state index contributed by atoms with van der Waals surface area (Å²) >= 11 is 6.25. The van der Waals surface area contributed by atoms with Gasteiger partial charge in [0.05, 0.1) is 15.6 Å². The predicted octanol–water partition coefficient (Wildman–Crippen LogP) is 3.36. The third-order valence-corrected chi connectivity index (χ3v) is 6.02. The van der Waals surface area contributed by atoms with Crippen molar-refractivity contribution < 1.29 is 22.7 Å². The highest BCUT2D eigenvalue weighted by molar-refractivity contribution is 7.90. The van der Waals surface area contributed by atoms with Gasteiger partial charge in [0.1, 0.15) is 0 Å². The molecule has 2 amide bonds. The number of halogens is 1. The molecule has 0 atom stereocenters. The number of anilines is 2. The normalized spacial score (nSPS) is 15.0. The highest BCUT2D eigenvalue weighted by atomic mass is 35.5. The van der Waals surface area contributed by atoms with Crippen molar-refractivity contribution in [3.8, 4) is 0 Å². The molecule has 0 aromatic heterocycles. The van der Waals surface area contributed by atoms with Crippen LogP contribution in [0.3, 0.4) is 0 Å². The van der Waals surface area contributed by atoms with E-state index in [1.807, 2.05) is 0 Å². The van der Waals surface area contributed by atoms with Gasteiger partial charge in [0, 0.05) is 36.6 Å². The minimum absolute atomic E-state index is 0.0578. The number of amides is 2. The monoisotopic (exact) mass is 436 g/mol. The van der Waals surface area contributed by atoms with E-state index in [-0.39, 0.29) is 27.3 Å². The molecule has 2 aromatic carbocycles. The van der Waals surface area contributed by atoms with Crippen LogP contribution in [-0.2, 0) is 19.4 Å². The first kappa shape index (κ1) is 21.3. The Kier molecular flexibility index (Phi) is 6.56. The van der Waals surface area contributed by atoms with Crippen molar-refractivity contribution in [2.24, 2.45) is 5.92 Å². The molecule has 9 heteroatoms. The maximum atomic E-state index is 12.5. The van der Waals surface area contributed by atoms with Crippen molar-refractivity contribution in [1.82, 2.24) is 0 Å². The van der Waals surface area contributed by atoms with Gasteiger partial charge in [-0.15, -0.1) is 0 Å². The van der Waals surface area contributed by atoms with Gasteiger partial charge in [0.2, 0.25) is 5.91 Å². The quantitative estimate of drug-likeness (QED) is 0.748. The molecule has 154 valence electrons. The Bertz CT molecular complexity index is 1030. The molecule has 1 heterocycles. The largest absolute Gasteiger partial charge is 0.381 e. The lowest BCUT2D eigenvalue weighted by Crippen LogP contribution is -2.28. The van der Waals surface area contributed by atoms with Crippen molar-refractivity contribution in [2.75, 3.05) is 30.1 Å². The number of hydrogen-bond acceptors (Lipinski definition) is 5. The number of rotatable bonds is 5. The Balaban J connectivity index is 1.69. The Morgan fingerprint density at radius 3 is 2.45 bits per heavy atom. The van der Waals surface area contributed by atoms with Crippen LogP contribution in [-0.4, -0.2) is 39.7 Å². The van der Waals surface area contributed by atoms with Gasteiger partial charge < -0.3 is 15.4 Å². The summed E-state index contributed by atoms with van der Waals surface area (Å²) in [5, 5.41) is 5.74. The summed E-state index contributed by atoms with van der Waals surface area (Å²) in [4.78, 5) is 24.8. The van der Waals surface area contributed by atoms with Crippen LogP contribution < -0.4 is 10.6 Å². The molecule has 0 aliphatic carbocycles. The maximum absolute atomic E-state index is 12.5. The number of sulfone groups is 1. The van der Waals surface area contributed by atoms with E-state index >= 15 is 0 Å². The second-order valence-electron chi connectivity index (χ2n) is 6.82. The van der Waals surface area contributed by atoms with Crippen molar-refractivity contribution in [3.63, 3.8) is 0 Å². The molecule has 7 nitrogen and oxygen atoms in total. The SMILES string of the molecule is CS(=O)(=O)c1cccc(C(=O)Nc2ccc(NC(=O)C3CCOCC3)cc2Cl)c1. The molecule has 2 N–H and O–H groups in total. The molecule has 29 heavy (non-hydrogen) atoms. The maximum Gasteiger partial charge on any atom is 0.255 e. The first-order chi connectivity index (χ1) is 13.7. The molecule has 1 aliphatic rings. The number of carbonyl (C=O) groups excluding carboxylic acids is 2. The molecule has 1 aliphatic heterocycles. The van der Waals surface area contributed by atoms with E-state index in [4.69, 9.17) is 16.3 Å². The molecule has 3 rings (SSSR count). The van der Waals surface area contributed by atoms with Gasteiger partial charge in [-0.25, -0.2) is 8.42 Å². The number of ether oxygens (including phenoxy) is 1. The molecule has 1 fully saturated rings. The molecule has 0 spiro atoms. The minimum atomic E-state index is -3.42. The average molecular weight is 437 g/mol. The highest BCUT2D eigenvalue weighted by Gasteiger charge is 2.22. The van der Waals surface area contributed by atoms with Gasteiger partial charge in [-0.1, -0.05) is 17.7 Å². The molecule has 0 saturated carbocycles. The predicted molar refractivity (Wildman–Crippen MR) is 111 cm³/mol. The third kappa shape index (κ3) is 5.56. The van der Waals surface area contributed by atoms with E-state index in [9.17, 15) is 18.0 Å². The van der Waals surface area contributed by atoms with Gasteiger partial charge in [-0.3, -0.25) is 9.59 Å². The molecule has 0 bridgehead atoms. The lowest BCUT2D eigenvalue weighted by molar-refractivity contribution is -0.122. The molecular formula is C20H21ClN2O5S. The smallest absolute Gasteiger partial charge is 0.255 e. The zero-order chi connectivity index (χ0) is 21.0. The van der Waals surface area contributed by atoms with Crippen LogP contribution in [0.4, 0.5) is 11.4 Å². The van der Waals surface area contributed by atoms with Crippen LogP contribution in [0.1, 0.15) is 23.2 Å². The summed E-state index contributed by atoms with van der Waals surface area (Å²) in [7, 11) is -3.42. The summed E-state index contributed by atoms with van der Waals surface area (Å²) in [5.74, 6) is -0.667. The van der Waals surface area contributed by atoms with E-state index in [1.54, 1.807) is 18.2 Å². The number of nitrogens with one attached hydrogen (secondary N) is 2.